The summed E-state index contributed by atoms with van der Waals surface area (Å²) in [4.78, 5) is 7.21. The highest BCUT2D eigenvalue weighted by Crippen LogP contribution is 2.32. The van der Waals surface area contributed by atoms with E-state index < -0.39 is 0 Å². The molecule has 3 unspecified atom stereocenters. The average molecular weight is 361 g/mol. The van der Waals surface area contributed by atoms with Crippen molar-refractivity contribution in [1.82, 2.24) is 9.88 Å². The molecular weight excluding hydrogens is 332 g/mol. The number of piperidine rings is 1. The highest BCUT2D eigenvalue weighted by Gasteiger charge is 2.34. The SMILES string of the molecule is Cc1cc(OC2CCN(Cc3ccccc3)C(C)C2C)c2ccccc2n1. The number of ether oxygens (including phenoxy) is 1. The number of rotatable bonds is 4. The Balaban J connectivity index is 1.50. The van der Waals surface area contributed by atoms with Crippen LogP contribution in [0.1, 0.15) is 31.5 Å². The first-order valence-corrected chi connectivity index (χ1v) is 9.93. The zero-order valence-electron chi connectivity index (χ0n) is 16.4. The fraction of sp³-hybridized carbons (Fsp3) is 0.375. The first-order valence-electron chi connectivity index (χ1n) is 9.93. The van der Waals surface area contributed by atoms with E-state index in [0.717, 1.165) is 41.9 Å². The van der Waals surface area contributed by atoms with E-state index in [1.807, 2.05) is 13.0 Å². The van der Waals surface area contributed by atoms with Crippen molar-refractivity contribution in [3.8, 4) is 5.75 Å². The lowest BCUT2D eigenvalue weighted by molar-refractivity contribution is 0.00945. The van der Waals surface area contributed by atoms with E-state index in [-0.39, 0.29) is 6.10 Å². The molecular formula is C24H28N2O. The molecule has 0 bridgehead atoms. The summed E-state index contributed by atoms with van der Waals surface area (Å²) in [6.45, 7) is 8.76. The number of nitrogens with zero attached hydrogens (tertiary/aromatic N) is 2. The lowest BCUT2D eigenvalue weighted by Gasteiger charge is -2.42. The van der Waals surface area contributed by atoms with Crippen LogP contribution in [0.3, 0.4) is 0 Å². The molecule has 1 fully saturated rings. The van der Waals surface area contributed by atoms with Crippen LogP contribution in [0.2, 0.25) is 0 Å². The molecule has 4 rings (SSSR count). The first kappa shape index (κ1) is 18.0. The van der Waals surface area contributed by atoms with Crippen molar-refractivity contribution < 1.29 is 4.74 Å². The quantitative estimate of drug-likeness (QED) is 0.638. The van der Waals surface area contributed by atoms with E-state index in [1.54, 1.807) is 0 Å². The van der Waals surface area contributed by atoms with Crippen LogP contribution in [0, 0.1) is 12.8 Å². The van der Waals surface area contributed by atoms with E-state index in [0.29, 0.717) is 12.0 Å². The number of likely N-dealkylation sites (tertiary alicyclic amines) is 1. The lowest BCUT2D eigenvalue weighted by atomic mass is 9.88. The molecule has 3 nitrogen and oxygen atoms in total. The maximum atomic E-state index is 6.56. The number of aryl methyl sites for hydroxylation is 1. The molecule has 0 radical (unpaired) electrons. The monoisotopic (exact) mass is 360 g/mol. The summed E-state index contributed by atoms with van der Waals surface area (Å²) in [5.74, 6) is 1.44. The van der Waals surface area contributed by atoms with Gasteiger partial charge >= 0.3 is 0 Å². The van der Waals surface area contributed by atoms with Crippen molar-refractivity contribution in [3.05, 3.63) is 71.9 Å². The van der Waals surface area contributed by atoms with E-state index in [9.17, 15) is 0 Å². The van der Waals surface area contributed by atoms with Gasteiger partial charge in [-0.05, 0) is 38.0 Å². The number of hydrogen-bond acceptors (Lipinski definition) is 3. The Morgan fingerprint density at radius 1 is 1.04 bits per heavy atom. The average Bonchev–Trinajstić information content (AvgIpc) is 2.68. The predicted octanol–water partition coefficient (Wildman–Crippen LogP) is 5.22. The Hall–Kier alpha value is -2.39. The van der Waals surface area contributed by atoms with Gasteiger partial charge in [0.1, 0.15) is 11.9 Å². The second-order valence-electron chi connectivity index (χ2n) is 7.78. The van der Waals surface area contributed by atoms with E-state index in [4.69, 9.17) is 4.74 Å². The van der Waals surface area contributed by atoms with Gasteiger partial charge in [-0.2, -0.15) is 0 Å². The molecule has 3 atom stereocenters. The van der Waals surface area contributed by atoms with Gasteiger partial charge in [-0.15, -0.1) is 0 Å². The van der Waals surface area contributed by atoms with Crippen molar-refractivity contribution in [1.29, 1.82) is 0 Å². The van der Waals surface area contributed by atoms with Crippen molar-refractivity contribution in [2.45, 2.75) is 45.9 Å². The topological polar surface area (TPSA) is 25.4 Å². The Labute approximate surface area is 162 Å². The van der Waals surface area contributed by atoms with Crippen molar-refractivity contribution in [2.24, 2.45) is 5.92 Å². The molecule has 0 aliphatic carbocycles. The van der Waals surface area contributed by atoms with Crippen LogP contribution in [0.4, 0.5) is 0 Å². The fourth-order valence-electron chi connectivity index (χ4n) is 4.14. The van der Waals surface area contributed by atoms with Crippen molar-refractivity contribution in [2.75, 3.05) is 6.54 Å². The molecule has 0 N–H and O–H groups in total. The van der Waals surface area contributed by atoms with Gasteiger partial charge in [-0.1, -0.05) is 49.4 Å². The Morgan fingerprint density at radius 2 is 1.78 bits per heavy atom. The highest BCUT2D eigenvalue weighted by molar-refractivity contribution is 5.85. The van der Waals surface area contributed by atoms with Crippen molar-refractivity contribution in [3.63, 3.8) is 0 Å². The summed E-state index contributed by atoms with van der Waals surface area (Å²) in [6.07, 6.45) is 1.28. The largest absolute Gasteiger partial charge is 0.489 e. The lowest BCUT2D eigenvalue weighted by Crippen LogP contribution is -2.50. The highest BCUT2D eigenvalue weighted by atomic mass is 16.5. The Morgan fingerprint density at radius 3 is 2.59 bits per heavy atom. The molecule has 0 saturated carbocycles. The second kappa shape index (κ2) is 7.69. The van der Waals surface area contributed by atoms with Gasteiger partial charge in [0, 0.05) is 42.2 Å². The van der Waals surface area contributed by atoms with Gasteiger partial charge in [-0.25, -0.2) is 0 Å². The molecule has 140 valence electrons. The minimum Gasteiger partial charge on any atom is -0.489 e. The number of hydrogen-bond donors (Lipinski definition) is 0. The third-order valence-corrected chi connectivity index (χ3v) is 5.94. The van der Waals surface area contributed by atoms with Crippen LogP contribution < -0.4 is 4.74 Å². The number of pyridine rings is 1. The van der Waals surface area contributed by atoms with E-state index in [2.05, 4.69) is 78.3 Å². The van der Waals surface area contributed by atoms with Crippen LogP contribution >= 0.6 is 0 Å². The Bertz CT molecular complexity index is 909. The van der Waals surface area contributed by atoms with Crippen LogP contribution in [0.15, 0.2) is 60.7 Å². The summed E-state index contributed by atoms with van der Waals surface area (Å²) in [7, 11) is 0. The van der Waals surface area contributed by atoms with E-state index >= 15 is 0 Å². The molecule has 1 aliphatic rings. The predicted molar refractivity (Wildman–Crippen MR) is 111 cm³/mol. The maximum Gasteiger partial charge on any atom is 0.130 e. The van der Waals surface area contributed by atoms with Crippen LogP contribution in [-0.4, -0.2) is 28.6 Å². The molecule has 1 aliphatic heterocycles. The number of para-hydroxylation sites is 1. The minimum atomic E-state index is 0.234. The van der Waals surface area contributed by atoms with Gasteiger partial charge < -0.3 is 4.74 Å². The number of aromatic nitrogens is 1. The number of fused-ring (bicyclic) bond motifs is 1. The molecule has 1 aromatic heterocycles. The van der Waals surface area contributed by atoms with E-state index in [1.165, 1.54) is 5.56 Å². The zero-order chi connectivity index (χ0) is 18.8. The summed E-state index contributed by atoms with van der Waals surface area (Å²) < 4.78 is 6.56. The molecule has 2 aromatic carbocycles. The smallest absolute Gasteiger partial charge is 0.130 e. The summed E-state index contributed by atoms with van der Waals surface area (Å²) >= 11 is 0. The zero-order valence-corrected chi connectivity index (χ0v) is 16.4. The number of benzene rings is 2. The van der Waals surface area contributed by atoms with Gasteiger partial charge in [0.15, 0.2) is 0 Å². The minimum absolute atomic E-state index is 0.234. The van der Waals surface area contributed by atoms with Crippen LogP contribution in [0.5, 0.6) is 5.75 Å². The Kier molecular flexibility index (Phi) is 5.13. The standard InChI is InChI=1S/C24H28N2O/c1-17-15-24(21-11-7-8-12-22(21)25-17)27-23-13-14-26(19(3)18(23)2)16-20-9-5-4-6-10-20/h4-12,15,18-19,23H,13-14,16H2,1-3H3. The fourth-order valence-corrected chi connectivity index (χ4v) is 4.14. The second-order valence-corrected chi connectivity index (χ2v) is 7.78. The molecule has 2 heterocycles. The first-order chi connectivity index (χ1) is 13.1. The van der Waals surface area contributed by atoms with Crippen molar-refractivity contribution >= 4 is 10.9 Å². The van der Waals surface area contributed by atoms with Gasteiger partial charge in [0.25, 0.3) is 0 Å². The summed E-state index contributed by atoms with van der Waals surface area (Å²) in [6, 6.07) is 21.6. The molecule has 0 spiro atoms. The maximum absolute atomic E-state index is 6.56. The van der Waals surface area contributed by atoms with Gasteiger partial charge in [0.2, 0.25) is 0 Å². The normalized spacial score (nSPS) is 23.4. The van der Waals surface area contributed by atoms with Gasteiger partial charge in [0.05, 0.1) is 5.52 Å². The third kappa shape index (κ3) is 3.84. The molecule has 1 saturated heterocycles. The molecule has 0 amide bonds. The molecule has 27 heavy (non-hydrogen) atoms. The summed E-state index contributed by atoms with van der Waals surface area (Å²) in [5.41, 5.74) is 3.40. The van der Waals surface area contributed by atoms with Gasteiger partial charge in [-0.3, -0.25) is 9.88 Å². The summed E-state index contributed by atoms with van der Waals surface area (Å²) in [5, 5.41) is 1.11. The van der Waals surface area contributed by atoms with Crippen LogP contribution in [0.25, 0.3) is 10.9 Å². The van der Waals surface area contributed by atoms with Crippen LogP contribution in [-0.2, 0) is 6.54 Å². The molecule has 3 aromatic rings. The molecule has 3 heteroatoms. The third-order valence-electron chi connectivity index (χ3n) is 5.94.